The van der Waals surface area contributed by atoms with Gasteiger partial charge in [0, 0.05) is 10.7 Å². The maximum Gasteiger partial charge on any atom is 0.268 e. The minimum absolute atomic E-state index is 0.0487. The van der Waals surface area contributed by atoms with Gasteiger partial charge in [-0.25, -0.2) is 0 Å². The second-order valence-corrected chi connectivity index (χ2v) is 5.76. The van der Waals surface area contributed by atoms with Gasteiger partial charge >= 0.3 is 0 Å². The van der Waals surface area contributed by atoms with Crippen LogP contribution in [-0.4, -0.2) is 10.9 Å². The van der Waals surface area contributed by atoms with Gasteiger partial charge in [-0.15, -0.1) is 0 Å². The lowest BCUT2D eigenvalue weighted by atomic mass is 9.88. The van der Waals surface area contributed by atoms with Crippen LogP contribution < -0.4 is 5.32 Å². The van der Waals surface area contributed by atoms with Crippen LogP contribution >= 0.6 is 15.9 Å². The first-order valence-corrected chi connectivity index (χ1v) is 7.26. The van der Waals surface area contributed by atoms with E-state index in [9.17, 15) is 4.79 Å². The standard InChI is InChI=1S/C15H15BrN2O/c16-11-8-14(17-9-11)15(19)18-13-7-3-5-10-4-1-2-6-12(10)13/h1-2,4,6,8-9,13,17H,3,5,7H2,(H,18,19). The first kappa shape index (κ1) is 12.5. The monoisotopic (exact) mass is 318 g/mol. The van der Waals surface area contributed by atoms with Crippen molar-refractivity contribution in [2.24, 2.45) is 0 Å². The molecule has 1 atom stereocenters. The van der Waals surface area contributed by atoms with Gasteiger partial charge in [0.1, 0.15) is 5.69 Å². The lowest BCUT2D eigenvalue weighted by molar-refractivity contribution is 0.0928. The number of nitrogens with one attached hydrogen (secondary N) is 2. The number of amides is 1. The molecule has 1 heterocycles. The van der Waals surface area contributed by atoms with E-state index in [-0.39, 0.29) is 11.9 Å². The van der Waals surface area contributed by atoms with Crippen LogP contribution in [0, 0.1) is 0 Å². The average Bonchev–Trinajstić information content (AvgIpc) is 2.86. The van der Waals surface area contributed by atoms with Crippen LogP contribution in [0.15, 0.2) is 41.0 Å². The summed E-state index contributed by atoms with van der Waals surface area (Å²) in [5.41, 5.74) is 3.20. The molecule has 0 radical (unpaired) electrons. The molecule has 1 aliphatic carbocycles. The molecule has 2 aromatic rings. The van der Waals surface area contributed by atoms with E-state index < -0.39 is 0 Å². The normalized spacial score (nSPS) is 17.8. The number of rotatable bonds is 2. The number of carbonyl (C=O) groups excluding carboxylic acids is 1. The van der Waals surface area contributed by atoms with E-state index in [1.54, 1.807) is 12.3 Å². The molecule has 1 aliphatic rings. The van der Waals surface area contributed by atoms with Gasteiger partial charge in [0.2, 0.25) is 0 Å². The third-order valence-electron chi connectivity index (χ3n) is 3.57. The van der Waals surface area contributed by atoms with Crippen LogP contribution in [0.3, 0.4) is 0 Å². The summed E-state index contributed by atoms with van der Waals surface area (Å²) in [6, 6.07) is 10.3. The highest BCUT2D eigenvalue weighted by molar-refractivity contribution is 9.10. The molecule has 1 unspecified atom stereocenters. The molecule has 0 spiro atoms. The first-order valence-electron chi connectivity index (χ1n) is 6.46. The minimum Gasteiger partial charge on any atom is -0.356 e. The first-order chi connectivity index (χ1) is 9.24. The van der Waals surface area contributed by atoms with Crippen molar-refractivity contribution in [2.45, 2.75) is 25.3 Å². The molecule has 3 rings (SSSR count). The van der Waals surface area contributed by atoms with Gasteiger partial charge < -0.3 is 10.3 Å². The number of aromatic amines is 1. The van der Waals surface area contributed by atoms with Crippen LogP contribution in [-0.2, 0) is 6.42 Å². The fourth-order valence-corrected chi connectivity index (χ4v) is 2.98. The second kappa shape index (κ2) is 5.21. The van der Waals surface area contributed by atoms with Gasteiger partial charge in [-0.1, -0.05) is 24.3 Å². The number of aromatic nitrogens is 1. The van der Waals surface area contributed by atoms with E-state index in [0.717, 1.165) is 23.7 Å². The van der Waals surface area contributed by atoms with Gasteiger partial charge in [0.05, 0.1) is 6.04 Å². The highest BCUT2D eigenvalue weighted by Gasteiger charge is 2.22. The van der Waals surface area contributed by atoms with E-state index in [4.69, 9.17) is 0 Å². The maximum atomic E-state index is 12.2. The molecule has 0 saturated heterocycles. The van der Waals surface area contributed by atoms with Crippen molar-refractivity contribution in [2.75, 3.05) is 0 Å². The summed E-state index contributed by atoms with van der Waals surface area (Å²) in [7, 11) is 0. The molecule has 0 bridgehead atoms. The van der Waals surface area contributed by atoms with Gasteiger partial charge in [0.25, 0.3) is 5.91 Å². The van der Waals surface area contributed by atoms with E-state index in [1.807, 2.05) is 6.07 Å². The van der Waals surface area contributed by atoms with Gasteiger partial charge in [-0.2, -0.15) is 0 Å². The van der Waals surface area contributed by atoms with E-state index in [1.165, 1.54) is 11.1 Å². The van der Waals surface area contributed by atoms with Crippen LogP contribution in [0.25, 0.3) is 0 Å². The van der Waals surface area contributed by atoms with E-state index in [2.05, 4.69) is 44.4 Å². The Kier molecular flexibility index (Phi) is 3.42. The minimum atomic E-state index is -0.0487. The molecule has 1 amide bonds. The Labute approximate surface area is 120 Å². The van der Waals surface area contributed by atoms with Crippen molar-refractivity contribution in [1.29, 1.82) is 0 Å². The van der Waals surface area contributed by atoms with Gasteiger partial charge in [-0.3, -0.25) is 4.79 Å². The zero-order valence-corrected chi connectivity index (χ0v) is 12.0. The van der Waals surface area contributed by atoms with Crippen LogP contribution in [0.5, 0.6) is 0 Å². The highest BCUT2D eigenvalue weighted by Crippen LogP contribution is 2.29. The number of fused-ring (bicyclic) bond motifs is 1. The summed E-state index contributed by atoms with van der Waals surface area (Å²) >= 11 is 3.34. The average molecular weight is 319 g/mol. The third kappa shape index (κ3) is 2.59. The number of benzene rings is 1. The predicted molar refractivity (Wildman–Crippen MR) is 78.1 cm³/mol. The molecule has 0 fully saturated rings. The topological polar surface area (TPSA) is 44.9 Å². The maximum absolute atomic E-state index is 12.2. The van der Waals surface area contributed by atoms with Crippen LogP contribution in [0.2, 0.25) is 0 Å². The third-order valence-corrected chi connectivity index (χ3v) is 4.02. The second-order valence-electron chi connectivity index (χ2n) is 4.85. The molecule has 1 aromatic carbocycles. The molecule has 98 valence electrons. The van der Waals surface area contributed by atoms with Crippen LogP contribution in [0.4, 0.5) is 0 Å². The highest BCUT2D eigenvalue weighted by atomic mass is 79.9. The fourth-order valence-electron chi connectivity index (χ4n) is 2.64. The Hall–Kier alpha value is -1.55. The summed E-state index contributed by atoms with van der Waals surface area (Å²) < 4.78 is 0.890. The molecule has 0 aliphatic heterocycles. The summed E-state index contributed by atoms with van der Waals surface area (Å²) in [4.78, 5) is 15.1. The van der Waals surface area contributed by atoms with Crippen molar-refractivity contribution in [3.8, 4) is 0 Å². The number of carbonyl (C=O) groups is 1. The number of H-pyrrole nitrogens is 1. The SMILES string of the molecule is O=C(NC1CCCc2ccccc21)c1cc(Br)c[nH]1. The number of halogens is 1. The Bertz CT molecular complexity index is 606. The van der Waals surface area contributed by atoms with Crippen molar-refractivity contribution < 1.29 is 4.79 Å². The Morgan fingerprint density at radius 2 is 2.21 bits per heavy atom. The summed E-state index contributed by atoms with van der Waals surface area (Å²) in [5, 5.41) is 3.11. The largest absolute Gasteiger partial charge is 0.356 e. The lowest BCUT2D eigenvalue weighted by Gasteiger charge is -2.26. The van der Waals surface area contributed by atoms with Crippen molar-refractivity contribution in [3.05, 3.63) is 57.8 Å². The zero-order valence-electron chi connectivity index (χ0n) is 10.4. The zero-order chi connectivity index (χ0) is 13.2. The Morgan fingerprint density at radius 3 is 3.00 bits per heavy atom. The number of hydrogen-bond acceptors (Lipinski definition) is 1. The van der Waals surface area contributed by atoms with Crippen molar-refractivity contribution in [1.82, 2.24) is 10.3 Å². The fraction of sp³-hybridized carbons (Fsp3) is 0.267. The van der Waals surface area contributed by atoms with Crippen molar-refractivity contribution in [3.63, 3.8) is 0 Å². The quantitative estimate of drug-likeness (QED) is 0.873. The molecular formula is C15H15BrN2O. The lowest BCUT2D eigenvalue weighted by Crippen LogP contribution is -2.31. The molecule has 19 heavy (non-hydrogen) atoms. The predicted octanol–water partition coefficient (Wildman–Crippen LogP) is 3.58. The summed E-state index contributed by atoms with van der Waals surface area (Å²) in [6.45, 7) is 0. The number of aryl methyl sites for hydroxylation is 1. The van der Waals surface area contributed by atoms with Gasteiger partial charge in [0.15, 0.2) is 0 Å². The smallest absolute Gasteiger partial charge is 0.268 e. The summed E-state index contributed by atoms with van der Waals surface area (Å²) in [5.74, 6) is -0.0487. The van der Waals surface area contributed by atoms with Crippen LogP contribution in [0.1, 0.15) is 40.5 Å². The molecule has 0 saturated carbocycles. The summed E-state index contributed by atoms with van der Waals surface area (Å²) in [6.07, 6.45) is 5.00. The van der Waals surface area contributed by atoms with Gasteiger partial charge in [-0.05, 0) is 52.4 Å². The molecule has 1 aromatic heterocycles. The Morgan fingerprint density at radius 1 is 1.37 bits per heavy atom. The van der Waals surface area contributed by atoms with Crippen molar-refractivity contribution >= 4 is 21.8 Å². The van der Waals surface area contributed by atoms with E-state index in [0.29, 0.717) is 5.69 Å². The molecular weight excluding hydrogens is 304 g/mol. The molecule has 2 N–H and O–H groups in total. The number of hydrogen-bond donors (Lipinski definition) is 2. The molecule has 4 heteroatoms. The Balaban J connectivity index is 1.79. The molecule has 3 nitrogen and oxygen atoms in total. The van der Waals surface area contributed by atoms with E-state index >= 15 is 0 Å².